The summed E-state index contributed by atoms with van der Waals surface area (Å²) in [5.41, 5.74) is 2.37. The molecule has 0 aliphatic carbocycles. The zero-order valence-electron chi connectivity index (χ0n) is 9.60. The molecule has 0 spiro atoms. The van der Waals surface area contributed by atoms with Gasteiger partial charge < -0.3 is 5.11 Å². The van der Waals surface area contributed by atoms with Crippen LogP contribution in [0.25, 0.3) is 21.9 Å². The highest BCUT2D eigenvalue weighted by molar-refractivity contribution is 9.10. The Morgan fingerprint density at radius 2 is 1.28 bits per heavy atom. The van der Waals surface area contributed by atoms with Crippen LogP contribution in [-0.2, 0) is 0 Å². The molecule has 0 heterocycles. The van der Waals surface area contributed by atoms with Gasteiger partial charge in [0.2, 0.25) is 0 Å². The molecule has 3 rings (SSSR count). The highest BCUT2D eigenvalue weighted by atomic mass is 79.9. The highest BCUT2D eigenvalue weighted by Gasteiger charge is 2.00. The minimum Gasteiger partial charge on any atom is -0.508 e. The lowest BCUT2D eigenvalue weighted by molar-refractivity contribution is 0.476. The van der Waals surface area contributed by atoms with Crippen LogP contribution < -0.4 is 0 Å². The zero-order valence-corrected chi connectivity index (χ0v) is 11.2. The third-order valence-corrected chi connectivity index (χ3v) is 3.53. The van der Waals surface area contributed by atoms with E-state index in [4.69, 9.17) is 0 Å². The van der Waals surface area contributed by atoms with Crippen LogP contribution in [0.1, 0.15) is 0 Å². The highest BCUT2D eigenvalue weighted by Crippen LogP contribution is 2.27. The molecule has 18 heavy (non-hydrogen) atoms. The van der Waals surface area contributed by atoms with Gasteiger partial charge in [0, 0.05) is 4.47 Å². The molecule has 0 radical (unpaired) electrons. The van der Waals surface area contributed by atoms with Crippen molar-refractivity contribution in [1.82, 2.24) is 0 Å². The molecular formula is C16H11BrO. The average molecular weight is 299 g/mol. The van der Waals surface area contributed by atoms with Crippen molar-refractivity contribution in [1.29, 1.82) is 0 Å². The Morgan fingerprint density at radius 3 is 2.06 bits per heavy atom. The molecule has 0 fully saturated rings. The fourth-order valence-corrected chi connectivity index (χ4v) is 2.32. The first kappa shape index (κ1) is 11.3. The van der Waals surface area contributed by atoms with E-state index in [0.29, 0.717) is 5.75 Å². The SMILES string of the molecule is Oc1ccc2cc(-c3ccc(Br)cc3)ccc2c1. The molecule has 3 aromatic rings. The van der Waals surface area contributed by atoms with Crippen molar-refractivity contribution in [3.8, 4) is 16.9 Å². The van der Waals surface area contributed by atoms with Gasteiger partial charge in [-0.2, -0.15) is 0 Å². The Balaban J connectivity index is 2.13. The number of phenols is 1. The van der Waals surface area contributed by atoms with E-state index < -0.39 is 0 Å². The summed E-state index contributed by atoms with van der Waals surface area (Å²) >= 11 is 3.44. The Kier molecular flexibility index (Phi) is 2.80. The maximum absolute atomic E-state index is 9.44. The van der Waals surface area contributed by atoms with Crippen molar-refractivity contribution in [3.63, 3.8) is 0 Å². The molecule has 0 unspecified atom stereocenters. The summed E-state index contributed by atoms with van der Waals surface area (Å²) in [5, 5.41) is 11.6. The Bertz CT molecular complexity index is 702. The summed E-state index contributed by atoms with van der Waals surface area (Å²) in [7, 11) is 0. The van der Waals surface area contributed by atoms with Gasteiger partial charge in [0.1, 0.15) is 5.75 Å². The smallest absolute Gasteiger partial charge is 0.116 e. The molecule has 1 nitrogen and oxygen atoms in total. The molecule has 0 saturated carbocycles. The zero-order chi connectivity index (χ0) is 12.5. The van der Waals surface area contributed by atoms with Crippen LogP contribution in [-0.4, -0.2) is 5.11 Å². The lowest BCUT2D eigenvalue weighted by atomic mass is 10.0. The third kappa shape index (κ3) is 2.12. The Hall–Kier alpha value is -1.80. The quantitative estimate of drug-likeness (QED) is 0.672. The minimum atomic E-state index is 0.305. The van der Waals surface area contributed by atoms with Gasteiger partial charge in [-0.1, -0.05) is 46.3 Å². The van der Waals surface area contributed by atoms with Gasteiger partial charge in [-0.3, -0.25) is 0 Å². The van der Waals surface area contributed by atoms with Crippen LogP contribution in [0.5, 0.6) is 5.75 Å². The summed E-state index contributed by atoms with van der Waals surface area (Å²) in [5.74, 6) is 0.305. The molecule has 0 aromatic heterocycles. The number of hydrogen-bond acceptors (Lipinski definition) is 1. The predicted molar refractivity (Wildman–Crippen MR) is 78.7 cm³/mol. The van der Waals surface area contributed by atoms with Gasteiger partial charge in [-0.15, -0.1) is 0 Å². The molecule has 2 heteroatoms. The summed E-state index contributed by atoms with van der Waals surface area (Å²) in [6, 6.07) is 19.9. The van der Waals surface area contributed by atoms with Gasteiger partial charge in [0.05, 0.1) is 0 Å². The number of phenolic OH excluding ortho intramolecular Hbond substituents is 1. The van der Waals surface area contributed by atoms with Crippen LogP contribution in [0.15, 0.2) is 65.1 Å². The normalized spacial score (nSPS) is 10.7. The number of hydrogen-bond donors (Lipinski definition) is 1. The lowest BCUT2D eigenvalue weighted by Gasteiger charge is -2.05. The number of halogens is 1. The van der Waals surface area contributed by atoms with E-state index >= 15 is 0 Å². The second kappa shape index (κ2) is 4.46. The van der Waals surface area contributed by atoms with Crippen molar-refractivity contribution >= 4 is 26.7 Å². The van der Waals surface area contributed by atoms with Crippen LogP contribution in [0.2, 0.25) is 0 Å². The van der Waals surface area contributed by atoms with E-state index in [1.165, 1.54) is 11.1 Å². The number of rotatable bonds is 1. The van der Waals surface area contributed by atoms with E-state index in [1.54, 1.807) is 12.1 Å². The second-order valence-electron chi connectivity index (χ2n) is 4.25. The van der Waals surface area contributed by atoms with Gasteiger partial charge in [0.25, 0.3) is 0 Å². The lowest BCUT2D eigenvalue weighted by Crippen LogP contribution is -1.79. The first-order valence-corrected chi connectivity index (χ1v) is 6.50. The van der Waals surface area contributed by atoms with Crippen LogP contribution in [0.3, 0.4) is 0 Å². The second-order valence-corrected chi connectivity index (χ2v) is 5.17. The standard InChI is InChI=1S/C16H11BrO/c17-15-6-3-11(4-7-15)12-1-2-14-10-16(18)8-5-13(14)9-12/h1-10,18H. The molecule has 1 N–H and O–H groups in total. The topological polar surface area (TPSA) is 20.2 Å². The Labute approximate surface area is 114 Å². The maximum Gasteiger partial charge on any atom is 0.116 e. The van der Waals surface area contributed by atoms with Crippen LogP contribution in [0.4, 0.5) is 0 Å². The van der Waals surface area contributed by atoms with Gasteiger partial charge in [-0.25, -0.2) is 0 Å². The van der Waals surface area contributed by atoms with E-state index in [0.717, 1.165) is 15.2 Å². The fourth-order valence-electron chi connectivity index (χ4n) is 2.06. The van der Waals surface area contributed by atoms with Gasteiger partial charge in [-0.05, 0) is 52.2 Å². The molecule has 0 bridgehead atoms. The summed E-state index contributed by atoms with van der Waals surface area (Å²) in [6.45, 7) is 0. The van der Waals surface area contributed by atoms with E-state index in [-0.39, 0.29) is 0 Å². The molecule has 0 amide bonds. The monoisotopic (exact) mass is 298 g/mol. The number of benzene rings is 3. The summed E-state index contributed by atoms with van der Waals surface area (Å²) < 4.78 is 1.08. The maximum atomic E-state index is 9.44. The predicted octanol–water partition coefficient (Wildman–Crippen LogP) is 4.97. The average Bonchev–Trinajstić information content (AvgIpc) is 2.39. The van der Waals surface area contributed by atoms with Crippen molar-refractivity contribution in [3.05, 3.63) is 65.1 Å². The van der Waals surface area contributed by atoms with Gasteiger partial charge in [0.15, 0.2) is 0 Å². The van der Waals surface area contributed by atoms with Crippen LogP contribution >= 0.6 is 15.9 Å². The van der Waals surface area contributed by atoms with Crippen molar-refractivity contribution in [2.24, 2.45) is 0 Å². The van der Waals surface area contributed by atoms with Crippen LogP contribution in [0, 0.1) is 0 Å². The van der Waals surface area contributed by atoms with E-state index in [2.05, 4.69) is 40.2 Å². The molecule has 88 valence electrons. The molecule has 0 aliphatic heterocycles. The number of fused-ring (bicyclic) bond motifs is 1. The van der Waals surface area contributed by atoms with Crippen molar-refractivity contribution in [2.45, 2.75) is 0 Å². The van der Waals surface area contributed by atoms with E-state index in [1.807, 2.05) is 24.3 Å². The van der Waals surface area contributed by atoms with Crippen molar-refractivity contribution < 1.29 is 5.11 Å². The van der Waals surface area contributed by atoms with E-state index in [9.17, 15) is 5.11 Å². The Morgan fingerprint density at radius 1 is 0.667 bits per heavy atom. The van der Waals surface area contributed by atoms with Gasteiger partial charge >= 0.3 is 0 Å². The largest absolute Gasteiger partial charge is 0.508 e. The molecule has 0 atom stereocenters. The summed E-state index contributed by atoms with van der Waals surface area (Å²) in [4.78, 5) is 0. The molecule has 0 aliphatic rings. The third-order valence-electron chi connectivity index (χ3n) is 3.00. The first-order valence-electron chi connectivity index (χ1n) is 5.71. The molecule has 0 saturated heterocycles. The minimum absolute atomic E-state index is 0.305. The number of aromatic hydroxyl groups is 1. The molecular weight excluding hydrogens is 288 g/mol. The molecule has 3 aromatic carbocycles. The summed E-state index contributed by atoms with van der Waals surface area (Å²) in [6.07, 6.45) is 0. The first-order chi connectivity index (χ1) is 8.72. The van der Waals surface area contributed by atoms with Crippen molar-refractivity contribution in [2.75, 3.05) is 0 Å². The fraction of sp³-hybridized carbons (Fsp3) is 0.